The van der Waals surface area contributed by atoms with Crippen molar-refractivity contribution in [2.75, 3.05) is 7.11 Å². The second kappa shape index (κ2) is 6.54. The van der Waals surface area contributed by atoms with Gasteiger partial charge in [0.15, 0.2) is 0 Å². The smallest absolute Gasteiger partial charge is 0.139 e. The molecule has 0 amide bonds. The molecule has 0 aliphatic carbocycles. The highest BCUT2D eigenvalue weighted by Crippen LogP contribution is 2.21. The van der Waals surface area contributed by atoms with Crippen LogP contribution in [0.4, 0.5) is 0 Å². The van der Waals surface area contributed by atoms with Gasteiger partial charge in [0.1, 0.15) is 18.1 Å². The number of methoxy groups -OCH3 is 1. The molecule has 19 heavy (non-hydrogen) atoms. The minimum absolute atomic E-state index is 0.458. The Bertz CT molecular complexity index is 561. The number of rotatable bonds is 5. The topological polar surface area (TPSA) is 57.4 Å². The Labute approximate surface area is 120 Å². The Balaban J connectivity index is 2.07. The summed E-state index contributed by atoms with van der Waals surface area (Å²) in [6.45, 7) is 0.916. The van der Waals surface area contributed by atoms with Crippen LogP contribution >= 0.6 is 15.9 Å². The van der Waals surface area contributed by atoms with Gasteiger partial charge >= 0.3 is 0 Å². The highest BCUT2D eigenvalue weighted by molar-refractivity contribution is 9.10. The first-order chi connectivity index (χ1) is 9.22. The minimum Gasteiger partial charge on any atom is -0.496 e. The molecule has 0 radical (unpaired) electrons. The van der Waals surface area contributed by atoms with E-state index >= 15 is 0 Å². The highest BCUT2D eigenvalue weighted by atomic mass is 79.9. The molecule has 0 bridgehead atoms. The molecule has 5 heteroatoms. The zero-order valence-corrected chi connectivity index (χ0v) is 12.2. The largest absolute Gasteiger partial charge is 0.496 e. The third-order valence-corrected chi connectivity index (χ3v) is 3.09. The van der Waals surface area contributed by atoms with E-state index in [0.29, 0.717) is 13.2 Å². The van der Waals surface area contributed by atoms with Crippen molar-refractivity contribution in [1.29, 1.82) is 0 Å². The van der Waals surface area contributed by atoms with Gasteiger partial charge in [0.05, 0.1) is 13.3 Å². The molecule has 2 N–H and O–H groups in total. The van der Waals surface area contributed by atoms with Gasteiger partial charge in [-0.25, -0.2) is 0 Å². The van der Waals surface area contributed by atoms with E-state index in [4.69, 9.17) is 15.2 Å². The molecule has 0 fully saturated rings. The van der Waals surface area contributed by atoms with E-state index in [1.54, 1.807) is 19.5 Å². The predicted octanol–water partition coefficient (Wildman–Crippen LogP) is 2.89. The summed E-state index contributed by atoms with van der Waals surface area (Å²) >= 11 is 3.35. The summed E-state index contributed by atoms with van der Waals surface area (Å²) in [6.07, 6.45) is 3.39. The highest BCUT2D eigenvalue weighted by Gasteiger charge is 2.04. The molecule has 100 valence electrons. The standard InChI is InChI=1S/C14H15BrN2O2/c1-18-14-4-10(2-3-11(14)6-16)9-19-13-5-12(15)7-17-8-13/h2-5,7-8H,6,9,16H2,1H3. The van der Waals surface area contributed by atoms with Crippen molar-refractivity contribution in [3.8, 4) is 11.5 Å². The normalized spacial score (nSPS) is 10.3. The molecule has 0 spiro atoms. The molecule has 1 aromatic carbocycles. The summed E-state index contributed by atoms with van der Waals surface area (Å²) in [6, 6.07) is 7.75. The minimum atomic E-state index is 0.458. The first-order valence-corrected chi connectivity index (χ1v) is 6.61. The second-order valence-corrected chi connectivity index (χ2v) is 4.89. The monoisotopic (exact) mass is 322 g/mol. The summed E-state index contributed by atoms with van der Waals surface area (Å²) in [5.74, 6) is 1.51. The molecule has 0 aliphatic rings. The number of halogens is 1. The van der Waals surface area contributed by atoms with Crippen LogP contribution in [0.15, 0.2) is 41.1 Å². The molecule has 2 rings (SSSR count). The fourth-order valence-electron chi connectivity index (χ4n) is 1.69. The van der Waals surface area contributed by atoms with Crippen LogP contribution < -0.4 is 15.2 Å². The fraction of sp³-hybridized carbons (Fsp3) is 0.214. The zero-order chi connectivity index (χ0) is 13.7. The summed E-state index contributed by atoms with van der Waals surface area (Å²) in [5.41, 5.74) is 7.64. The van der Waals surface area contributed by atoms with E-state index in [2.05, 4.69) is 20.9 Å². The number of hydrogen-bond acceptors (Lipinski definition) is 4. The van der Waals surface area contributed by atoms with Gasteiger partial charge < -0.3 is 15.2 Å². The van der Waals surface area contributed by atoms with Crippen molar-refractivity contribution < 1.29 is 9.47 Å². The van der Waals surface area contributed by atoms with Gasteiger partial charge in [-0.2, -0.15) is 0 Å². The first kappa shape index (κ1) is 13.8. The van der Waals surface area contributed by atoms with Crippen molar-refractivity contribution in [1.82, 2.24) is 4.98 Å². The van der Waals surface area contributed by atoms with Crippen LogP contribution in [0.25, 0.3) is 0 Å². The first-order valence-electron chi connectivity index (χ1n) is 5.82. The number of hydrogen-bond donors (Lipinski definition) is 1. The van der Waals surface area contributed by atoms with Gasteiger partial charge in [-0.1, -0.05) is 12.1 Å². The summed E-state index contributed by atoms with van der Waals surface area (Å²) in [7, 11) is 1.64. The number of benzene rings is 1. The van der Waals surface area contributed by atoms with Crippen molar-refractivity contribution in [3.63, 3.8) is 0 Å². The summed E-state index contributed by atoms with van der Waals surface area (Å²) < 4.78 is 11.8. The van der Waals surface area contributed by atoms with E-state index in [0.717, 1.165) is 27.1 Å². The van der Waals surface area contributed by atoms with Crippen LogP contribution in [-0.2, 0) is 13.2 Å². The third kappa shape index (κ3) is 3.68. The lowest BCUT2D eigenvalue weighted by molar-refractivity contribution is 0.303. The van der Waals surface area contributed by atoms with Crippen LogP contribution in [0.3, 0.4) is 0 Å². The van der Waals surface area contributed by atoms with E-state index in [1.807, 2.05) is 24.3 Å². The third-order valence-electron chi connectivity index (χ3n) is 2.66. The molecule has 2 aromatic rings. The Morgan fingerprint density at radius 1 is 1.26 bits per heavy atom. The Kier molecular flexibility index (Phi) is 4.76. The van der Waals surface area contributed by atoms with Crippen LogP contribution in [0.2, 0.25) is 0 Å². The van der Waals surface area contributed by atoms with Crippen LogP contribution in [-0.4, -0.2) is 12.1 Å². The number of nitrogens with zero attached hydrogens (tertiary/aromatic N) is 1. The predicted molar refractivity (Wildman–Crippen MR) is 77.2 cm³/mol. The van der Waals surface area contributed by atoms with Gasteiger partial charge in [-0.15, -0.1) is 0 Å². The molecule has 0 atom stereocenters. The maximum atomic E-state index is 5.67. The quantitative estimate of drug-likeness (QED) is 0.919. The van der Waals surface area contributed by atoms with Crippen molar-refractivity contribution >= 4 is 15.9 Å². The van der Waals surface area contributed by atoms with Crippen molar-refractivity contribution in [2.45, 2.75) is 13.2 Å². The molecule has 0 saturated carbocycles. The lowest BCUT2D eigenvalue weighted by atomic mass is 10.1. The number of aromatic nitrogens is 1. The van der Waals surface area contributed by atoms with E-state index in [1.165, 1.54) is 0 Å². The van der Waals surface area contributed by atoms with E-state index in [9.17, 15) is 0 Å². The molecule has 0 unspecified atom stereocenters. The van der Waals surface area contributed by atoms with Crippen molar-refractivity contribution in [3.05, 3.63) is 52.3 Å². The Morgan fingerprint density at radius 2 is 2.11 bits per heavy atom. The second-order valence-electron chi connectivity index (χ2n) is 3.98. The molecule has 1 aromatic heterocycles. The van der Waals surface area contributed by atoms with E-state index < -0.39 is 0 Å². The molecule has 0 saturated heterocycles. The summed E-state index contributed by atoms with van der Waals surface area (Å²) in [4.78, 5) is 4.04. The lowest BCUT2D eigenvalue weighted by Gasteiger charge is -2.10. The fourth-order valence-corrected chi connectivity index (χ4v) is 2.03. The molecular weight excluding hydrogens is 308 g/mol. The van der Waals surface area contributed by atoms with Gasteiger partial charge in [-0.05, 0) is 33.6 Å². The van der Waals surface area contributed by atoms with Crippen LogP contribution in [0, 0.1) is 0 Å². The average Bonchev–Trinajstić information content (AvgIpc) is 2.45. The maximum absolute atomic E-state index is 5.67. The number of pyridine rings is 1. The number of ether oxygens (including phenoxy) is 2. The maximum Gasteiger partial charge on any atom is 0.139 e. The summed E-state index contributed by atoms with van der Waals surface area (Å²) in [5, 5.41) is 0. The van der Waals surface area contributed by atoms with Gasteiger partial charge in [0, 0.05) is 22.8 Å². The SMILES string of the molecule is COc1cc(COc2cncc(Br)c2)ccc1CN. The molecule has 0 aliphatic heterocycles. The zero-order valence-electron chi connectivity index (χ0n) is 10.6. The van der Waals surface area contributed by atoms with Gasteiger partial charge in [0.25, 0.3) is 0 Å². The molecule has 1 heterocycles. The van der Waals surface area contributed by atoms with E-state index in [-0.39, 0.29) is 0 Å². The average molecular weight is 323 g/mol. The Hall–Kier alpha value is -1.59. The number of nitrogens with two attached hydrogens (primary N) is 1. The molecular formula is C14H15BrN2O2. The van der Waals surface area contributed by atoms with Crippen LogP contribution in [0.1, 0.15) is 11.1 Å². The Morgan fingerprint density at radius 3 is 2.79 bits per heavy atom. The van der Waals surface area contributed by atoms with Gasteiger partial charge in [-0.3, -0.25) is 4.98 Å². The van der Waals surface area contributed by atoms with Crippen molar-refractivity contribution in [2.24, 2.45) is 5.73 Å². The van der Waals surface area contributed by atoms with Gasteiger partial charge in [0.2, 0.25) is 0 Å². The van der Waals surface area contributed by atoms with Crippen LogP contribution in [0.5, 0.6) is 11.5 Å². The molecule has 4 nitrogen and oxygen atoms in total. The lowest BCUT2D eigenvalue weighted by Crippen LogP contribution is -2.02.